The summed E-state index contributed by atoms with van der Waals surface area (Å²) in [5.74, 6) is -0.829. The maximum absolute atomic E-state index is 11.8. The zero-order valence-electron chi connectivity index (χ0n) is 12.1. The fourth-order valence-corrected chi connectivity index (χ4v) is 1.76. The number of carbonyl (C=O) groups is 2. The van der Waals surface area contributed by atoms with E-state index in [1.165, 1.54) is 12.1 Å². The quantitative estimate of drug-likeness (QED) is 0.831. The number of amides is 1. The van der Waals surface area contributed by atoms with Gasteiger partial charge in [0.2, 0.25) is 5.91 Å². The average Bonchev–Trinajstić information content (AvgIpc) is 2.86. The molecule has 0 aliphatic carbocycles. The highest BCUT2D eigenvalue weighted by atomic mass is 16.5. The van der Waals surface area contributed by atoms with E-state index >= 15 is 0 Å². The standard InChI is InChI=1S/C14H15N3O5/c1-8-3-4-11(10(5-8)14(19)20)16-12(18)6-21-7-13-15-9(2)17-22-13/h3-5H,6-7H2,1-2H3,(H,16,18)(H,19,20). The van der Waals surface area contributed by atoms with Crippen LogP contribution in [-0.4, -0.2) is 33.7 Å². The largest absolute Gasteiger partial charge is 0.478 e. The Morgan fingerprint density at radius 2 is 2.14 bits per heavy atom. The zero-order valence-corrected chi connectivity index (χ0v) is 12.1. The Hall–Kier alpha value is -2.74. The molecular formula is C14H15N3O5. The van der Waals surface area contributed by atoms with E-state index in [-0.39, 0.29) is 30.4 Å². The van der Waals surface area contributed by atoms with Crippen LogP contribution in [0.1, 0.15) is 27.6 Å². The number of nitrogens with zero attached hydrogens (tertiary/aromatic N) is 2. The van der Waals surface area contributed by atoms with Crippen molar-refractivity contribution in [1.82, 2.24) is 10.1 Å². The number of benzene rings is 1. The second-order valence-electron chi connectivity index (χ2n) is 4.63. The van der Waals surface area contributed by atoms with E-state index in [0.29, 0.717) is 5.82 Å². The first kappa shape index (κ1) is 15.6. The second-order valence-corrected chi connectivity index (χ2v) is 4.63. The van der Waals surface area contributed by atoms with Crippen molar-refractivity contribution < 1.29 is 24.0 Å². The number of aryl methyl sites for hydroxylation is 2. The van der Waals surface area contributed by atoms with Crippen LogP contribution in [0.4, 0.5) is 5.69 Å². The van der Waals surface area contributed by atoms with Gasteiger partial charge in [0.15, 0.2) is 5.82 Å². The molecule has 1 aromatic heterocycles. The maximum Gasteiger partial charge on any atom is 0.337 e. The van der Waals surface area contributed by atoms with Gasteiger partial charge in [-0.05, 0) is 26.0 Å². The Morgan fingerprint density at radius 3 is 2.77 bits per heavy atom. The molecule has 116 valence electrons. The molecule has 0 radical (unpaired) electrons. The lowest BCUT2D eigenvalue weighted by Crippen LogP contribution is -2.20. The minimum atomic E-state index is -1.11. The average molecular weight is 305 g/mol. The van der Waals surface area contributed by atoms with Crippen LogP contribution in [0.3, 0.4) is 0 Å². The number of aromatic nitrogens is 2. The third kappa shape index (κ3) is 4.13. The number of carbonyl (C=O) groups excluding carboxylic acids is 1. The number of hydrogen-bond donors (Lipinski definition) is 2. The van der Waals surface area contributed by atoms with Crippen LogP contribution in [0.25, 0.3) is 0 Å². The van der Waals surface area contributed by atoms with E-state index in [0.717, 1.165) is 5.56 Å². The van der Waals surface area contributed by atoms with Gasteiger partial charge in [0.25, 0.3) is 5.89 Å². The van der Waals surface area contributed by atoms with Crippen LogP contribution in [0.5, 0.6) is 0 Å². The van der Waals surface area contributed by atoms with Crippen molar-refractivity contribution in [2.24, 2.45) is 0 Å². The Balaban J connectivity index is 1.90. The third-order valence-corrected chi connectivity index (χ3v) is 2.71. The van der Waals surface area contributed by atoms with Crippen molar-refractivity contribution in [3.05, 3.63) is 41.0 Å². The molecule has 0 bridgehead atoms. The molecule has 0 saturated carbocycles. The molecule has 1 aromatic carbocycles. The molecule has 8 nitrogen and oxygen atoms in total. The van der Waals surface area contributed by atoms with Crippen molar-refractivity contribution in [3.8, 4) is 0 Å². The van der Waals surface area contributed by atoms with Crippen molar-refractivity contribution in [3.63, 3.8) is 0 Å². The first-order valence-electron chi connectivity index (χ1n) is 6.46. The molecule has 1 amide bonds. The summed E-state index contributed by atoms with van der Waals surface area (Å²) in [5.41, 5.74) is 1.04. The fraction of sp³-hybridized carbons (Fsp3) is 0.286. The minimum Gasteiger partial charge on any atom is -0.478 e. The summed E-state index contributed by atoms with van der Waals surface area (Å²) in [4.78, 5) is 26.8. The van der Waals surface area contributed by atoms with Gasteiger partial charge in [-0.15, -0.1) is 0 Å². The Bertz CT molecular complexity index is 696. The highest BCUT2D eigenvalue weighted by molar-refractivity contribution is 6.01. The molecule has 0 aliphatic rings. The van der Waals surface area contributed by atoms with Gasteiger partial charge in [0, 0.05) is 0 Å². The monoisotopic (exact) mass is 305 g/mol. The van der Waals surface area contributed by atoms with Crippen LogP contribution in [0, 0.1) is 13.8 Å². The smallest absolute Gasteiger partial charge is 0.337 e. The molecule has 2 rings (SSSR count). The van der Waals surface area contributed by atoms with Gasteiger partial charge in [0.1, 0.15) is 13.2 Å². The lowest BCUT2D eigenvalue weighted by molar-refractivity contribution is -0.121. The number of aromatic carboxylic acids is 1. The summed E-state index contributed by atoms with van der Waals surface area (Å²) < 4.78 is 9.97. The van der Waals surface area contributed by atoms with Gasteiger partial charge in [-0.2, -0.15) is 4.98 Å². The predicted molar refractivity (Wildman–Crippen MR) is 75.5 cm³/mol. The summed E-state index contributed by atoms with van der Waals surface area (Å²) in [5, 5.41) is 15.2. The van der Waals surface area contributed by atoms with Gasteiger partial charge < -0.3 is 19.7 Å². The van der Waals surface area contributed by atoms with E-state index < -0.39 is 11.9 Å². The Labute approximate surface area is 126 Å². The van der Waals surface area contributed by atoms with E-state index in [1.54, 1.807) is 19.9 Å². The summed E-state index contributed by atoms with van der Waals surface area (Å²) >= 11 is 0. The number of rotatable bonds is 6. The van der Waals surface area contributed by atoms with Crippen molar-refractivity contribution in [1.29, 1.82) is 0 Å². The molecule has 22 heavy (non-hydrogen) atoms. The Kier molecular flexibility index (Phi) is 4.84. The van der Waals surface area contributed by atoms with Gasteiger partial charge >= 0.3 is 5.97 Å². The first-order valence-corrected chi connectivity index (χ1v) is 6.46. The number of carboxylic acids is 1. The van der Waals surface area contributed by atoms with Crippen LogP contribution in [0.15, 0.2) is 22.7 Å². The van der Waals surface area contributed by atoms with E-state index in [9.17, 15) is 9.59 Å². The normalized spacial score (nSPS) is 10.5. The lowest BCUT2D eigenvalue weighted by atomic mass is 10.1. The number of anilines is 1. The SMILES string of the molecule is Cc1ccc(NC(=O)COCc2nc(C)no2)c(C(=O)O)c1. The van der Waals surface area contributed by atoms with E-state index in [2.05, 4.69) is 15.5 Å². The van der Waals surface area contributed by atoms with Gasteiger partial charge in [-0.1, -0.05) is 16.8 Å². The summed E-state index contributed by atoms with van der Waals surface area (Å²) in [6, 6.07) is 4.74. The molecule has 0 atom stereocenters. The molecule has 2 N–H and O–H groups in total. The molecule has 8 heteroatoms. The van der Waals surface area contributed by atoms with Crippen molar-refractivity contribution in [2.75, 3.05) is 11.9 Å². The van der Waals surface area contributed by atoms with Gasteiger partial charge in [0.05, 0.1) is 11.3 Å². The molecule has 1 heterocycles. The second kappa shape index (κ2) is 6.81. The predicted octanol–water partition coefficient (Wildman–Crippen LogP) is 1.54. The van der Waals surface area contributed by atoms with Crippen LogP contribution >= 0.6 is 0 Å². The summed E-state index contributed by atoms with van der Waals surface area (Å²) in [6.07, 6.45) is 0. The number of nitrogens with one attached hydrogen (secondary N) is 1. The molecule has 0 spiro atoms. The maximum atomic E-state index is 11.8. The number of ether oxygens (including phenoxy) is 1. The molecule has 0 unspecified atom stereocenters. The summed E-state index contributed by atoms with van der Waals surface area (Å²) in [6.45, 7) is 3.19. The van der Waals surface area contributed by atoms with Crippen molar-refractivity contribution in [2.45, 2.75) is 20.5 Å². The Morgan fingerprint density at radius 1 is 1.36 bits per heavy atom. The highest BCUT2D eigenvalue weighted by Crippen LogP contribution is 2.17. The fourth-order valence-electron chi connectivity index (χ4n) is 1.76. The van der Waals surface area contributed by atoms with E-state index in [1.807, 2.05) is 0 Å². The van der Waals surface area contributed by atoms with Crippen LogP contribution in [-0.2, 0) is 16.1 Å². The first-order chi connectivity index (χ1) is 10.5. The third-order valence-electron chi connectivity index (χ3n) is 2.71. The molecule has 0 saturated heterocycles. The highest BCUT2D eigenvalue weighted by Gasteiger charge is 2.13. The van der Waals surface area contributed by atoms with Gasteiger partial charge in [-0.3, -0.25) is 4.79 Å². The molecular weight excluding hydrogens is 290 g/mol. The van der Waals surface area contributed by atoms with Gasteiger partial charge in [-0.25, -0.2) is 4.79 Å². The summed E-state index contributed by atoms with van der Waals surface area (Å²) in [7, 11) is 0. The topological polar surface area (TPSA) is 115 Å². The number of carboxylic acid groups (broad SMARTS) is 1. The van der Waals surface area contributed by atoms with Crippen LogP contribution < -0.4 is 5.32 Å². The zero-order chi connectivity index (χ0) is 16.1. The lowest BCUT2D eigenvalue weighted by Gasteiger charge is -2.09. The van der Waals surface area contributed by atoms with Crippen molar-refractivity contribution >= 4 is 17.6 Å². The molecule has 0 fully saturated rings. The molecule has 2 aromatic rings. The minimum absolute atomic E-state index is 0.00788. The molecule has 0 aliphatic heterocycles. The van der Waals surface area contributed by atoms with E-state index in [4.69, 9.17) is 14.4 Å². The number of hydrogen-bond acceptors (Lipinski definition) is 6. The van der Waals surface area contributed by atoms with Crippen LogP contribution in [0.2, 0.25) is 0 Å².